The summed E-state index contributed by atoms with van der Waals surface area (Å²) in [5.41, 5.74) is -0.00749. The van der Waals surface area contributed by atoms with Gasteiger partial charge >= 0.3 is 0 Å². The maximum atomic E-state index is 11.7. The van der Waals surface area contributed by atoms with E-state index in [0.717, 1.165) is 0 Å². The summed E-state index contributed by atoms with van der Waals surface area (Å²) >= 11 is 1.41. The van der Waals surface area contributed by atoms with Gasteiger partial charge in [-0.1, -0.05) is 25.6 Å². The zero-order valence-corrected chi connectivity index (χ0v) is 11.1. The number of hydrogen-bond donors (Lipinski definition) is 2. The molecule has 96 valence electrons. The normalized spacial score (nSPS) is 11.1. The molecule has 1 heterocycles. The Morgan fingerprint density at radius 2 is 2.24 bits per heavy atom. The summed E-state index contributed by atoms with van der Waals surface area (Å²) in [5, 5.41) is 10.4. The molecule has 0 saturated heterocycles. The first-order valence-electron chi connectivity index (χ1n) is 5.61. The molecular weight excluding hydrogens is 240 g/mol. The average Bonchev–Trinajstić information content (AvgIpc) is 2.21. The van der Waals surface area contributed by atoms with Crippen LogP contribution in [0.1, 0.15) is 26.3 Å². The van der Waals surface area contributed by atoms with Crippen LogP contribution in [0.4, 0.5) is 0 Å². The minimum Gasteiger partial charge on any atom is -0.493 e. The molecule has 0 bridgehead atoms. The van der Waals surface area contributed by atoms with E-state index in [-0.39, 0.29) is 17.0 Å². The number of hydrogen-bond acceptors (Lipinski definition) is 5. The van der Waals surface area contributed by atoms with E-state index in [1.807, 2.05) is 20.8 Å². The number of ether oxygens (including phenoxy) is 1. The maximum Gasteiger partial charge on any atom is 0.258 e. The smallest absolute Gasteiger partial charge is 0.258 e. The Bertz CT molecular complexity index is 418. The molecule has 1 rings (SSSR count). The largest absolute Gasteiger partial charge is 0.493 e. The first kappa shape index (κ1) is 14.1. The van der Waals surface area contributed by atoms with Crippen LogP contribution < -0.4 is 5.56 Å². The number of rotatable bonds is 6. The third-order valence-electron chi connectivity index (χ3n) is 2.02. The van der Waals surface area contributed by atoms with E-state index in [0.29, 0.717) is 30.0 Å². The zero-order chi connectivity index (χ0) is 12.8. The van der Waals surface area contributed by atoms with E-state index in [4.69, 9.17) is 4.74 Å². The predicted octanol–water partition coefficient (Wildman–Crippen LogP) is 1.55. The fraction of sp³-hybridized carbons (Fsp3) is 0.636. The Kier molecular flexibility index (Phi) is 5.50. The Hall–Kier alpha value is -1.01. The first-order valence-corrected chi connectivity index (χ1v) is 6.49. The summed E-state index contributed by atoms with van der Waals surface area (Å²) in [6.07, 6.45) is 0.370. The number of aromatic amines is 1. The highest BCUT2D eigenvalue weighted by Gasteiger charge is 2.11. The minimum absolute atomic E-state index is 0.198. The lowest BCUT2D eigenvalue weighted by molar-refractivity contribution is 0.150. The van der Waals surface area contributed by atoms with Gasteiger partial charge in [-0.25, -0.2) is 0 Å². The molecule has 0 fully saturated rings. The van der Waals surface area contributed by atoms with Crippen LogP contribution in [0.15, 0.2) is 9.95 Å². The van der Waals surface area contributed by atoms with Gasteiger partial charge in [-0.3, -0.25) is 4.79 Å². The Morgan fingerprint density at radius 1 is 1.53 bits per heavy atom. The number of nitrogens with zero attached hydrogens (tertiary/aromatic N) is 1. The summed E-state index contributed by atoms with van der Waals surface area (Å²) in [4.78, 5) is 18.3. The lowest BCUT2D eigenvalue weighted by Crippen LogP contribution is -2.17. The number of nitrogens with one attached hydrogen (secondary N) is 1. The van der Waals surface area contributed by atoms with Gasteiger partial charge in [0.25, 0.3) is 5.56 Å². The molecule has 17 heavy (non-hydrogen) atoms. The van der Waals surface area contributed by atoms with Crippen molar-refractivity contribution < 1.29 is 9.84 Å². The van der Waals surface area contributed by atoms with Crippen molar-refractivity contribution in [2.45, 2.75) is 37.6 Å². The molecule has 0 aromatic carbocycles. The van der Waals surface area contributed by atoms with Crippen LogP contribution in [0, 0.1) is 0 Å². The first-order chi connectivity index (χ1) is 8.04. The Morgan fingerprint density at radius 3 is 2.76 bits per heavy atom. The standard InChI is InChI=1S/C11H18N2O3S/c1-4-16-6-5-8-9(14)12-11(13-10(8)15)17-7(2)3/h7H,4-6H2,1-3H3,(H2,12,13,14,15). The third-order valence-corrected chi connectivity index (χ3v) is 2.91. The molecule has 6 heteroatoms. The van der Waals surface area contributed by atoms with Gasteiger partial charge in [0.05, 0.1) is 12.2 Å². The third kappa shape index (κ3) is 4.40. The van der Waals surface area contributed by atoms with Gasteiger partial charge < -0.3 is 14.8 Å². The summed E-state index contributed by atoms with van der Waals surface area (Å²) < 4.78 is 5.15. The molecule has 0 atom stereocenters. The summed E-state index contributed by atoms with van der Waals surface area (Å²) in [6.45, 7) is 6.86. The van der Waals surface area contributed by atoms with Gasteiger partial charge in [-0.2, -0.15) is 4.98 Å². The Labute approximate surface area is 105 Å². The molecule has 2 N–H and O–H groups in total. The highest BCUT2D eigenvalue weighted by Crippen LogP contribution is 2.20. The van der Waals surface area contributed by atoms with Crippen LogP contribution >= 0.6 is 11.8 Å². The lowest BCUT2D eigenvalue weighted by Gasteiger charge is -2.07. The van der Waals surface area contributed by atoms with Gasteiger partial charge in [-0.15, -0.1) is 0 Å². The van der Waals surface area contributed by atoms with Crippen molar-refractivity contribution in [1.29, 1.82) is 0 Å². The number of H-pyrrole nitrogens is 1. The van der Waals surface area contributed by atoms with Crippen molar-refractivity contribution in [3.05, 3.63) is 15.9 Å². The van der Waals surface area contributed by atoms with Gasteiger partial charge in [-0.05, 0) is 6.92 Å². The Balaban J connectivity index is 2.83. The average molecular weight is 258 g/mol. The highest BCUT2D eigenvalue weighted by molar-refractivity contribution is 7.99. The van der Waals surface area contributed by atoms with E-state index >= 15 is 0 Å². The van der Waals surface area contributed by atoms with Crippen LogP contribution in [0.3, 0.4) is 0 Å². The zero-order valence-electron chi connectivity index (χ0n) is 10.3. The van der Waals surface area contributed by atoms with Crippen LogP contribution in [-0.4, -0.2) is 33.5 Å². The molecule has 0 unspecified atom stereocenters. The van der Waals surface area contributed by atoms with E-state index in [2.05, 4.69) is 9.97 Å². The van der Waals surface area contributed by atoms with Crippen molar-refractivity contribution in [2.75, 3.05) is 13.2 Å². The summed E-state index contributed by atoms with van der Waals surface area (Å²) in [5.74, 6) is -0.198. The van der Waals surface area contributed by atoms with Gasteiger partial charge in [0.2, 0.25) is 5.88 Å². The molecule has 5 nitrogen and oxygen atoms in total. The lowest BCUT2D eigenvalue weighted by atomic mass is 10.2. The topological polar surface area (TPSA) is 75.2 Å². The fourth-order valence-electron chi connectivity index (χ4n) is 1.29. The van der Waals surface area contributed by atoms with Gasteiger partial charge in [0.1, 0.15) is 0 Å². The van der Waals surface area contributed by atoms with E-state index in [1.54, 1.807) is 0 Å². The van der Waals surface area contributed by atoms with E-state index in [1.165, 1.54) is 11.8 Å². The molecule has 1 aromatic heterocycles. The van der Waals surface area contributed by atoms with Crippen LogP contribution in [0.5, 0.6) is 5.88 Å². The van der Waals surface area contributed by atoms with Crippen molar-refractivity contribution in [2.24, 2.45) is 0 Å². The number of aromatic hydroxyl groups is 1. The van der Waals surface area contributed by atoms with Crippen LogP contribution in [0.25, 0.3) is 0 Å². The van der Waals surface area contributed by atoms with Gasteiger partial charge in [0, 0.05) is 18.3 Å². The van der Waals surface area contributed by atoms with Crippen molar-refractivity contribution in [1.82, 2.24) is 9.97 Å². The molecule has 0 aliphatic rings. The highest BCUT2D eigenvalue weighted by atomic mass is 32.2. The maximum absolute atomic E-state index is 11.7. The van der Waals surface area contributed by atoms with Crippen molar-refractivity contribution in [3.63, 3.8) is 0 Å². The quantitative estimate of drug-likeness (QED) is 0.460. The second kappa shape index (κ2) is 6.66. The van der Waals surface area contributed by atoms with Crippen LogP contribution in [-0.2, 0) is 11.2 Å². The van der Waals surface area contributed by atoms with Crippen molar-refractivity contribution in [3.8, 4) is 5.88 Å². The molecule has 0 aliphatic carbocycles. The fourth-order valence-corrected chi connectivity index (χ4v) is 2.03. The van der Waals surface area contributed by atoms with Crippen LogP contribution in [0.2, 0.25) is 0 Å². The second-order valence-corrected chi connectivity index (χ2v) is 5.35. The van der Waals surface area contributed by atoms with Gasteiger partial charge in [0.15, 0.2) is 5.16 Å². The molecule has 0 radical (unpaired) electrons. The molecule has 1 aromatic rings. The second-order valence-electron chi connectivity index (χ2n) is 3.79. The molecule has 0 amide bonds. The number of thioether (sulfide) groups is 1. The molecule has 0 saturated carbocycles. The van der Waals surface area contributed by atoms with E-state index in [9.17, 15) is 9.90 Å². The molecule has 0 spiro atoms. The van der Waals surface area contributed by atoms with E-state index < -0.39 is 0 Å². The summed E-state index contributed by atoms with van der Waals surface area (Å²) in [6, 6.07) is 0. The monoisotopic (exact) mass is 258 g/mol. The molecular formula is C11H18N2O3S. The predicted molar refractivity (Wildman–Crippen MR) is 67.7 cm³/mol. The summed E-state index contributed by atoms with van der Waals surface area (Å²) in [7, 11) is 0. The minimum atomic E-state index is -0.291. The van der Waals surface area contributed by atoms with Crippen molar-refractivity contribution >= 4 is 11.8 Å². The number of aromatic nitrogens is 2. The SMILES string of the molecule is CCOCCc1c(O)nc(SC(C)C)[nH]c1=O. The molecule has 0 aliphatic heterocycles.